The highest BCUT2D eigenvalue weighted by Crippen LogP contribution is 2.63. The Morgan fingerprint density at radius 2 is 0.564 bits per heavy atom. The summed E-state index contributed by atoms with van der Waals surface area (Å²) in [6.07, 6.45) is 0. The minimum Gasteiger partial charge on any atom is -0.208 e. The summed E-state index contributed by atoms with van der Waals surface area (Å²) >= 11 is 0. The topological polar surface area (TPSA) is 38.7 Å². The van der Waals surface area contributed by atoms with Crippen molar-refractivity contribution in [3.63, 3.8) is 0 Å². The van der Waals surface area contributed by atoms with E-state index < -0.39 is 5.41 Å². The zero-order valence-corrected chi connectivity index (χ0v) is 29.9. The molecule has 1 heterocycles. The van der Waals surface area contributed by atoms with Crippen molar-refractivity contribution in [1.29, 1.82) is 0 Å². The van der Waals surface area contributed by atoms with Crippen LogP contribution in [0.5, 0.6) is 0 Å². The van der Waals surface area contributed by atoms with Crippen molar-refractivity contribution in [2.75, 3.05) is 0 Å². The first-order chi connectivity index (χ1) is 27.3. The molecule has 0 aliphatic heterocycles. The Hall–Kier alpha value is -7.23. The molecule has 0 N–H and O–H groups in total. The van der Waals surface area contributed by atoms with Gasteiger partial charge in [-0.1, -0.05) is 188 Å². The van der Waals surface area contributed by atoms with Crippen molar-refractivity contribution in [3.05, 3.63) is 222 Å². The molecule has 2 aliphatic rings. The number of hydrogen-bond donors (Lipinski definition) is 0. The van der Waals surface area contributed by atoms with E-state index in [2.05, 4.69) is 140 Å². The molecule has 3 heteroatoms. The quantitative estimate of drug-likeness (QED) is 0.179. The predicted molar refractivity (Wildman–Crippen MR) is 223 cm³/mol. The van der Waals surface area contributed by atoms with E-state index in [1.165, 1.54) is 61.2 Å². The molecule has 11 rings (SSSR count). The molecule has 1 aromatic heterocycles. The fourth-order valence-corrected chi connectivity index (χ4v) is 8.97. The van der Waals surface area contributed by atoms with E-state index in [1.54, 1.807) is 0 Å². The number of nitrogens with zero attached hydrogens (tertiary/aromatic N) is 3. The van der Waals surface area contributed by atoms with Crippen LogP contribution in [0.15, 0.2) is 200 Å². The lowest BCUT2D eigenvalue weighted by Crippen LogP contribution is -2.25. The van der Waals surface area contributed by atoms with Crippen molar-refractivity contribution < 1.29 is 0 Å². The third kappa shape index (κ3) is 4.80. The molecule has 0 radical (unpaired) electrons. The highest BCUT2D eigenvalue weighted by molar-refractivity contribution is 5.99. The van der Waals surface area contributed by atoms with Crippen molar-refractivity contribution in [1.82, 2.24) is 15.0 Å². The molecule has 0 amide bonds. The van der Waals surface area contributed by atoms with E-state index in [-0.39, 0.29) is 0 Å². The molecule has 0 saturated heterocycles. The van der Waals surface area contributed by atoms with Crippen LogP contribution in [0.1, 0.15) is 22.3 Å². The second-order valence-electron chi connectivity index (χ2n) is 14.3. The molecule has 3 nitrogen and oxygen atoms in total. The van der Waals surface area contributed by atoms with E-state index in [1.807, 2.05) is 60.7 Å². The monoisotopic (exact) mass is 699 g/mol. The zero-order valence-electron chi connectivity index (χ0n) is 29.9. The Morgan fingerprint density at radius 1 is 0.236 bits per heavy atom. The minimum atomic E-state index is -0.421. The summed E-state index contributed by atoms with van der Waals surface area (Å²) in [6.45, 7) is 0. The van der Waals surface area contributed by atoms with Crippen LogP contribution in [0, 0.1) is 0 Å². The lowest BCUT2D eigenvalue weighted by molar-refractivity contribution is 0.794. The number of rotatable bonds is 5. The summed E-state index contributed by atoms with van der Waals surface area (Å²) in [5.74, 6) is 1.95. The molecule has 2 aliphatic carbocycles. The van der Waals surface area contributed by atoms with Gasteiger partial charge in [0.2, 0.25) is 0 Å². The molecule has 9 aromatic rings. The van der Waals surface area contributed by atoms with Crippen molar-refractivity contribution in [2.45, 2.75) is 5.41 Å². The van der Waals surface area contributed by atoms with Gasteiger partial charge in [-0.2, -0.15) is 0 Å². The zero-order chi connectivity index (χ0) is 36.3. The Bertz CT molecular complexity index is 2800. The Morgan fingerprint density at radius 3 is 1.04 bits per heavy atom. The van der Waals surface area contributed by atoms with Gasteiger partial charge in [-0.25, -0.2) is 15.0 Å². The van der Waals surface area contributed by atoms with E-state index in [9.17, 15) is 0 Å². The molecule has 0 fully saturated rings. The predicted octanol–water partition coefficient (Wildman–Crippen LogP) is 12.6. The number of aromatic nitrogens is 3. The molecule has 256 valence electrons. The second kappa shape index (κ2) is 12.4. The number of benzene rings is 8. The van der Waals surface area contributed by atoms with Crippen LogP contribution in [0.4, 0.5) is 0 Å². The molecule has 0 saturated carbocycles. The van der Waals surface area contributed by atoms with Gasteiger partial charge in [0.05, 0.1) is 5.41 Å². The van der Waals surface area contributed by atoms with Crippen LogP contribution in [0.2, 0.25) is 0 Å². The van der Waals surface area contributed by atoms with Gasteiger partial charge in [-0.15, -0.1) is 0 Å². The summed E-state index contributed by atoms with van der Waals surface area (Å²) in [4.78, 5) is 14.9. The average Bonchev–Trinajstić information content (AvgIpc) is 3.74. The van der Waals surface area contributed by atoms with Gasteiger partial charge in [0, 0.05) is 16.7 Å². The first-order valence-electron chi connectivity index (χ1n) is 18.8. The first kappa shape index (κ1) is 31.3. The second-order valence-corrected chi connectivity index (χ2v) is 14.3. The van der Waals surface area contributed by atoms with E-state index >= 15 is 0 Å². The van der Waals surface area contributed by atoms with Crippen LogP contribution < -0.4 is 0 Å². The van der Waals surface area contributed by atoms with Crippen LogP contribution in [0.3, 0.4) is 0 Å². The van der Waals surface area contributed by atoms with Crippen LogP contribution in [0.25, 0.3) is 78.7 Å². The van der Waals surface area contributed by atoms with Gasteiger partial charge in [0.15, 0.2) is 17.5 Å². The highest BCUT2D eigenvalue weighted by atomic mass is 15.0. The number of hydrogen-bond acceptors (Lipinski definition) is 3. The minimum absolute atomic E-state index is 0.421. The summed E-state index contributed by atoms with van der Waals surface area (Å²) in [5.41, 5.74) is 17.7. The van der Waals surface area contributed by atoms with E-state index in [0.717, 1.165) is 22.3 Å². The van der Waals surface area contributed by atoms with Gasteiger partial charge < -0.3 is 0 Å². The maximum Gasteiger partial charge on any atom is 0.164 e. The standard InChI is InChI=1S/C52H33N3/c1-4-16-34(17-5-1)42-32-44-41-24-12-15-27-47(41)52(45-25-13-10-22-39(45)40-23-11-14-26-46(40)52)48(44)33-43(42)35-28-30-38(31-29-35)51-54-49(36-18-6-2-7-19-36)53-50(55-51)37-20-8-3-9-21-37/h1-33H. The van der Waals surface area contributed by atoms with E-state index in [4.69, 9.17) is 15.0 Å². The normalized spacial score (nSPS) is 12.9. The summed E-state index contributed by atoms with van der Waals surface area (Å²) < 4.78 is 0. The van der Waals surface area contributed by atoms with Crippen molar-refractivity contribution in [3.8, 4) is 78.7 Å². The Kier molecular flexibility index (Phi) is 7.08. The third-order valence-corrected chi connectivity index (χ3v) is 11.4. The first-order valence-corrected chi connectivity index (χ1v) is 18.8. The summed E-state index contributed by atoms with van der Waals surface area (Å²) in [6, 6.07) is 71.7. The maximum atomic E-state index is 5.01. The largest absolute Gasteiger partial charge is 0.208 e. The molecule has 55 heavy (non-hydrogen) atoms. The van der Waals surface area contributed by atoms with Crippen molar-refractivity contribution in [2.24, 2.45) is 0 Å². The molecular weight excluding hydrogens is 667 g/mol. The van der Waals surface area contributed by atoms with Crippen LogP contribution in [-0.2, 0) is 5.41 Å². The fourth-order valence-electron chi connectivity index (χ4n) is 8.97. The maximum absolute atomic E-state index is 5.01. The molecule has 8 aromatic carbocycles. The molecular formula is C52H33N3. The van der Waals surface area contributed by atoms with Gasteiger partial charge in [0.1, 0.15) is 0 Å². The molecule has 0 unspecified atom stereocenters. The molecule has 1 spiro atoms. The number of fused-ring (bicyclic) bond motifs is 10. The summed E-state index contributed by atoms with van der Waals surface area (Å²) in [5, 5.41) is 0. The Labute approximate surface area is 320 Å². The van der Waals surface area contributed by atoms with Crippen LogP contribution >= 0.6 is 0 Å². The van der Waals surface area contributed by atoms with Gasteiger partial charge in [-0.05, 0) is 78.9 Å². The highest BCUT2D eigenvalue weighted by Gasteiger charge is 2.51. The lowest BCUT2D eigenvalue weighted by Gasteiger charge is -2.31. The van der Waals surface area contributed by atoms with E-state index in [0.29, 0.717) is 17.5 Å². The van der Waals surface area contributed by atoms with Gasteiger partial charge in [-0.3, -0.25) is 0 Å². The Balaban J connectivity index is 1.12. The smallest absolute Gasteiger partial charge is 0.164 e. The average molecular weight is 700 g/mol. The van der Waals surface area contributed by atoms with Gasteiger partial charge >= 0.3 is 0 Å². The van der Waals surface area contributed by atoms with Crippen LogP contribution in [-0.4, -0.2) is 15.0 Å². The fraction of sp³-hybridized carbons (Fsp3) is 0.0192. The molecule has 0 atom stereocenters. The van der Waals surface area contributed by atoms with Crippen molar-refractivity contribution >= 4 is 0 Å². The molecule has 0 bridgehead atoms. The van der Waals surface area contributed by atoms with Gasteiger partial charge in [0.25, 0.3) is 0 Å². The lowest BCUT2D eigenvalue weighted by atomic mass is 9.70. The third-order valence-electron chi connectivity index (χ3n) is 11.4. The SMILES string of the molecule is c1ccc(-c2nc(-c3ccccc3)nc(-c3ccc(-c4cc5c(cc4-c4ccccc4)-c4ccccc4C54c5ccccc5-c5ccccc54)cc3)n2)cc1. The summed E-state index contributed by atoms with van der Waals surface area (Å²) in [7, 11) is 0.